The van der Waals surface area contributed by atoms with Crippen LogP contribution in [0.2, 0.25) is 0 Å². The molecule has 1 fully saturated rings. The zero-order valence-corrected chi connectivity index (χ0v) is 11.1. The van der Waals surface area contributed by atoms with Gasteiger partial charge in [0.25, 0.3) is 5.91 Å². The van der Waals surface area contributed by atoms with E-state index in [-0.39, 0.29) is 11.7 Å². The molecule has 1 atom stereocenters. The van der Waals surface area contributed by atoms with Gasteiger partial charge in [0.1, 0.15) is 11.9 Å². The quantitative estimate of drug-likeness (QED) is 0.889. The van der Waals surface area contributed by atoms with Gasteiger partial charge in [-0.2, -0.15) is 0 Å². The Morgan fingerprint density at radius 3 is 3.05 bits per heavy atom. The molecule has 1 aliphatic heterocycles. The Morgan fingerprint density at radius 2 is 2.42 bits per heavy atom. The van der Waals surface area contributed by atoms with Crippen LogP contribution in [0.25, 0.3) is 0 Å². The van der Waals surface area contributed by atoms with Gasteiger partial charge in [0.15, 0.2) is 0 Å². The number of nitrogens with one attached hydrogen (secondary N) is 1. The first kappa shape index (κ1) is 14.0. The topological polar surface area (TPSA) is 41.6 Å². The molecular formula is C14H19FN2O2. The number of carbonyl (C=O) groups is 1. The maximum atomic E-state index is 13.1. The van der Waals surface area contributed by atoms with Crippen molar-refractivity contribution in [1.82, 2.24) is 10.2 Å². The van der Waals surface area contributed by atoms with Crippen LogP contribution >= 0.6 is 0 Å². The fourth-order valence-corrected chi connectivity index (χ4v) is 2.13. The van der Waals surface area contributed by atoms with Gasteiger partial charge in [-0.1, -0.05) is 12.1 Å². The average Bonchev–Trinajstić information content (AvgIpc) is 2.45. The summed E-state index contributed by atoms with van der Waals surface area (Å²) >= 11 is 0. The van der Waals surface area contributed by atoms with E-state index in [9.17, 15) is 9.18 Å². The first-order valence-corrected chi connectivity index (χ1v) is 6.56. The number of nitrogens with zero attached hydrogens (tertiary/aromatic N) is 1. The van der Waals surface area contributed by atoms with Crippen LogP contribution in [0.4, 0.5) is 4.39 Å². The largest absolute Gasteiger partial charge is 0.366 e. The maximum Gasteiger partial charge on any atom is 0.253 e. The van der Waals surface area contributed by atoms with Gasteiger partial charge in [-0.25, -0.2) is 4.39 Å². The molecule has 104 valence electrons. The van der Waals surface area contributed by atoms with Gasteiger partial charge in [0, 0.05) is 26.2 Å². The van der Waals surface area contributed by atoms with Crippen LogP contribution in [-0.4, -0.2) is 43.2 Å². The molecule has 4 nitrogen and oxygen atoms in total. The van der Waals surface area contributed by atoms with Crippen molar-refractivity contribution in [3.8, 4) is 0 Å². The minimum absolute atomic E-state index is 0.0426. The fourth-order valence-electron chi connectivity index (χ4n) is 2.13. The number of morpholine rings is 1. The summed E-state index contributed by atoms with van der Waals surface area (Å²) in [6.07, 6.45) is -0.428. The molecule has 1 amide bonds. The van der Waals surface area contributed by atoms with Gasteiger partial charge in [-0.15, -0.1) is 0 Å². The second-order valence-electron chi connectivity index (χ2n) is 4.55. The van der Waals surface area contributed by atoms with Crippen molar-refractivity contribution >= 4 is 5.91 Å². The summed E-state index contributed by atoms with van der Waals surface area (Å²) in [5, 5.41) is 3.14. The Morgan fingerprint density at radius 1 is 1.58 bits per heavy atom. The van der Waals surface area contributed by atoms with E-state index in [0.717, 1.165) is 12.1 Å². The molecule has 1 unspecified atom stereocenters. The van der Waals surface area contributed by atoms with Gasteiger partial charge in [-0.3, -0.25) is 4.79 Å². The first-order chi connectivity index (χ1) is 9.20. The van der Waals surface area contributed by atoms with Crippen molar-refractivity contribution in [2.75, 3.05) is 26.2 Å². The van der Waals surface area contributed by atoms with Crippen molar-refractivity contribution in [2.45, 2.75) is 19.6 Å². The average molecular weight is 266 g/mol. The van der Waals surface area contributed by atoms with Crippen molar-refractivity contribution in [3.05, 3.63) is 35.6 Å². The molecule has 2 rings (SSSR count). The van der Waals surface area contributed by atoms with Gasteiger partial charge < -0.3 is 15.0 Å². The van der Waals surface area contributed by atoms with Crippen LogP contribution < -0.4 is 5.32 Å². The van der Waals surface area contributed by atoms with Crippen LogP contribution in [-0.2, 0) is 16.1 Å². The Kier molecular flexibility index (Phi) is 4.87. The summed E-state index contributed by atoms with van der Waals surface area (Å²) in [7, 11) is 0. The van der Waals surface area contributed by atoms with Gasteiger partial charge in [-0.05, 0) is 24.6 Å². The van der Waals surface area contributed by atoms with E-state index in [1.165, 1.54) is 12.1 Å². The molecule has 1 heterocycles. The van der Waals surface area contributed by atoms with E-state index >= 15 is 0 Å². The minimum atomic E-state index is -0.428. The fraction of sp³-hybridized carbons (Fsp3) is 0.500. The lowest BCUT2D eigenvalue weighted by molar-refractivity contribution is -0.145. The zero-order chi connectivity index (χ0) is 13.7. The van der Waals surface area contributed by atoms with E-state index < -0.39 is 6.10 Å². The highest BCUT2D eigenvalue weighted by molar-refractivity contribution is 5.81. The number of carbonyl (C=O) groups excluding carboxylic acids is 1. The van der Waals surface area contributed by atoms with Gasteiger partial charge in [0.2, 0.25) is 0 Å². The molecule has 5 heteroatoms. The third-order valence-corrected chi connectivity index (χ3v) is 3.16. The predicted octanol–water partition coefficient (Wildman–Crippen LogP) is 1.16. The standard InChI is InChI=1S/C14H19FN2O2/c1-2-17(10-11-4-3-5-12(15)8-11)14(18)13-9-16-6-7-19-13/h3-5,8,13,16H,2,6-7,9-10H2,1H3. The van der Waals surface area contributed by atoms with E-state index in [2.05, 4.69) is 5.32 Å². The third kappa shape index (κ3) is 3.75. The Bertz CT molecular complexity index is 433. The number of ether oxygens (including phenoxy) is 1. The lowest BCUT2D eigenvalue weighted by atomic mass is 10.2. The monoisotopic (exact) mass is 266 g/mol. The SMILES string of the molecule is CCN(Cc1cccc(F)c1)C(=O)C1CNCCO1. The number of rotatable bonds is 4. The molecule has 0 saturated carbocycles. The molecule has 19 heavy (non-hydrogen) atoms. The second-order valence-corrected chi connectivity index (χ2v) is 4.55. The highest BCUT2D eigenvalue weighted by Gasteiger charge is 2.26. The Balaban J connectivity index is 2.00. The molecule has 0 radical (unpaired) electrons. The van der Waals surface area contributed by atoms with Crippen LogP contribution in [0.5, 0.6) is 0 Å². The number of likely N-dealkylation sites (N-methyl/N-ethyl adjacent to an activating group) is 1. The molecule has 0 aromatic heterocycles. The lowest BCUT2D eigenvalue weighted by Crippen LogP contribution is -2.49. The molecule has 1 saturated heterocycles. The molecule has 0 aliphatic carbocycles. The molecule has 1 N–H and O–H groups in total. The molecular weight excluding hydrogens is 247 g/mol. The summed E-state index contributed by atoms with van der Waals surface area (Å²) in [5.74, 6) is -0.324. The van der Waals surface area contributed by atoms with E-state index in [4.69, 9.17) is 4.74 Å². The van der Waals surface area contributed by atoms with E-state index in [0.29, 0.717) is 26.2 Å². The molecule has 1 aromatic carbocycles. The summed E-state index contributed by atoms with van der Waals surface area (Å²) in [6.45, 7) is 4.77. The van der Waals surface area contributed by atoms with Crippen molar-refractivity contribution in [3.63, 3.8) is 0 Å². The number of halogens is 1. The lowest BCUT2D eigenvalue weighted by Gasteiger charge is -2.29. The number of benzene rings is 1. The van der Waals surface area contributed by atoms with Crippen molar-refractivity contribution in [1.29, 1.82) is 0 Å². The molecule has 1 aliphatic rings. The second kappa shape index (κ2) is 6.63. The number of hydrogen-bond acceptors (Lipinski definition) is 3. The van der Waals surface area contributed by atoms with Crippen molar-refractivity contribution < 1.29 is 13.9 Å². The highest BCUT2D eigenvalue weighted by atomic mass is 19.1. The first-order valence-electron chi connectivity index (χ1n) is 6.56. The molecule has 0 spiro atoms. The van der Waals surface area contributed by atoms with Crippen molar-refractivity contribution in [2.24, 2.45) is 0 Å². The van der Waals surface area contributed by atoms with E-state index in [1.807, 2.05) is 13.0 Å². The number of amides is 1. The van der Waals surface area contributed by atoms with Crippen LogP contribution in [0.3, 0.4) is 0 Å². The smallest absolute Gasteiger partial charge is 0.253 e. The third-order valence-electron chi connectivity index (χ3n) is 3.16. The predicted molar refractivity (Wildman–Crippen MR) is 70.1 cm³/mol. The Labute approximate surface area is 112 Å². The van der Waals surface area contributed by atoms with Crippen LogP contribution in [0, 0.1) is 5.82 Å². The summed E-state index contributed by atoms with van der Waals surface area (Å²) in [6, 6.07) is 6.33. The number of hydrogen-bond donors (Lipinski definition) is 1. The minimum Gasteiger partial charge on any atom is -0.366 e. The maximum absolute atomic E-state index is 13.1. The molecule has 0 bridgehead atoms. The molecule has 1 aromatic rings. The highest BCUT2D eigenvalue weighted by Crippen LogP contribution is 2.10. The van der Waals surface area contributed by atoms with E-state index in [1.54, 1.807) is 11.0 Å². The Hall–Kier alpha value is -1.46. The summed E-state index contributed by atoms with van der Waals surface area (Å²) in [4.78, 5) is 14.0. The normalized spacial score (nSPS) is 19.2. The summed E-state index contributed by atoms with van der Waals surface area (Å²) in [5.41, 5.74) is 0.791. The zero-order valence-electron chi connectivity index (χ0n) is 11.1. The van der Waals surface area contributed by atoms with Crippen LogP contribution in [0.1, 0.15) is 12.5 Å². The van der Waals surface area contributed by atoms with Gasteiger partial charge in [0.05, 0.1) is 6.61 Å². The van der Waals surface area contributed by atoms with Gasteiger partial charge >= 0.3 is 0 Å². The summed E-state index contributed by atoms with van der Waals surface area (Å²) < 4.78 is 18.6. The van der Waals surface area contributed by atoms with Crippen LogP contribution in [0.15, 0.2) is 24.3 Å².